The maximum absolute atomic E-state index is 12.9. The van der Waals surface area contributed by atoms with E-state index in [2.05, 4.69) is 4.98 Å². The first-order valence-electron chi connectivity index (χ1n) is 8.51. The van der Waals surface area contributed by atoms with Gasteiger partial charge < -0.3 is 9.15 Å². The van der Waals surface area contributed by atoms with E-state index in [1.807, 2.05) is 5.38 Å². The molecular weight excluding hydrogens is 377 g/mol. The summed E-state index contributed by atoms with van der Waals surface area (Å²) in [5.41, 5.74) is 1.42. The number of benzene rings is 1. The van der Waals surface area contributed by atoms with Gasteiger partial charge in [0.15, 0.2) is 5.78 Å². The van der Waals surface area contributed by atoms with Gasteiger partial charge in [0, 0.05) is 17.1 Å². The zero-order valence-electron chi connectivity index (χ0n) is 15.1. The highest BCUT2D eigenvalue weighted by Crippen LogP contribution is 2.33. The third-order valence-corrected chi connectivity index (χ3v) is 5.43. The van der Waals surface area contributed by atoms with Crippen molar-refractivity contribution >= 4 is 42.1 Å². The molecular formula is C20H14BNO5S. The molecule has 0 aliphatic heterocycles. The number of rotatable bonds is 5. The Hall–Kier alpha value is -3.26. The summed E-state index contributed by atoms with van der Waals surface area (Å²) in [4.78, 5) is 41.6. The Morgan fingerprint density at radius 2 is 1.96 bits per heavy atom. The molecule has 0 saturated heterocycles. The van der Waals surface area contributed by atoms with E-state index in [1.54, 1.807) is 45.2 Å². The van der Waals surface area contributed by atoms with E-state index in [0.29, 0.717) is 29.0 Å². The van der Waals surface area contributed by atoms with Crippen molar-refractivity contribution in [3.63, 3.8) is 0 Å². The van der Waals surface area contributed by atoms with Crippen LogP contribution in [-0.4, -0.2) is 30.2 Å². The molecule has 0 atom stereocenters. The van der Waals surface area contributed by atoms with Crippen LogP contribution in [0.15, 0.2) is 52.0 Å². The molecule has 0 fully saturated rings. The number of nitrogens with zero attached hydrogens (tertiary/aromatic N) is 1. The maximum Gasteiger partial charge on any atom is 0.236 e. The van der Waals surface area contributed by atoms with E-state index in [9.17, 15) is 14.4 Å². The molecule has 8 heteroatoms. The molecule has 0 radical (unpaired) electrons. The summed E-state index contributed by atoms with van der Waals surface area (Å²) in [5, 5.41) is 2.73. The van der Waals surface area contributed by atoms with Gasteiger partial charge in [-0.15, -0.1) is 11.3 Å². The van der Waals surface area contributed by atoms with Crippen molar-refractivity contribution in [1.29, 1.82) is 0 Å². The Kier molecular flexibility index (Phi) is 4.56. The third kappa shape index (κ3) is 3.01. The first-order chi connectivity index (χ1) is 13.5. The van der Waals surface area contributed by atoms with Gasteiger partial charge in [0.05, 0.1) is 11.1 Å². The van der Waals surface area contributed by atoms with Crippen LogP contribution < -0.4 is 4.74 Å². The Balaban J connectivity index is 1.58. The number of carbonyl (C=O) groups is 3. The summed E-state index contributed by atoms with van der Waals surface area (Å²) >= 11 is 1.50. The monoisotopic (exact) mass is 391 g/mol. The molecule has 0 saturated carbocycles. The first kappa shape index (κ1) is 18.1. The van der Waals surface area contributed by atoms with Crippen LogP contribution in [0.2, 0.25) is 0 Å². The number of furan rings is 1. The average Bonchev–Trinajstić information content (AvgIpc) is 3.39. The molecule has 0 spiro atoms. The summed E-state index contributed by atoms with van der Waals surface area (Å²) in [6.45, 7) is 2.05. The highest BCUT2D eigenvalue weighted by Gasteiger charge is 2.35. The normalized spacial score (nSPS) is 13.6. The Labute approximate surface area is 165 Å². The van der Waals surface area contributed by atoms with Gasteiger partial charge >= 0.3 is 0 Å². The van der Waals surface area contributed by atoms with Gasteiger partial charge in [-0.25, -0.2) is 4.98 Å². The van der Waals surface area contributed by atoms with Gasteiger partial charge in [0.2, 0.25) is 11.6 Å². The molecule has 2 aromatic heterocycles. The topological polar surface area (TPSA) is 86.5 Å². The summed E-state index contributed by atoms with van der Waals surface area (Å²) in [6, 6.07) is 6.58. The summed E-state index contributed by atoms with van der Waals surface area (Å²) in [5.74, 6) is -0.814. The quantitative estimate of drug-likeness (QED) is 0.378. The van der Waals surface area contributed by atoms with Gasteiger partial charge in [-0.1, -0.05) is 0 Å². The number of hydrogen-bond donors (Lipinski definition) is 0. The highest BCUT2D eigenvalue weighted by molar-refractivity contribution is 7.09. The second-order valence-electron chi connectivity index (χ2n) is 6.33. The summed E-state index contributed by atoms with van der Waals surface area (Å²) in [6.07, 6.45) is 2.95. The van der Waals surface area contributed by atoms with Crippen LogP contribution in [0.25, 0.3) is 5.57 Å². The molecule has 138 valence electrons. The summed E-state index contributed by atoms with van der Waals surface area (Å²) in [7, 11) is 1.58. The molecule has 0 unspecified atom stereocenters. The molecule has 0 bridgehead atoms. The fourth-order valence-corrected chi connectivity index (χ4v) is 3.51. The van der Waals surface area contributed by atoms with Crippen molar-refractivity contribution in [2.45, 2.75) is 13.5 Å². The second-order valence-corrected chi connectivity index (χ2v) is 7.31. The molecule has 4 rings (SSSR count). The molecule has 28 heavy (non-hydrogen) atoms. The first-order valence-corrected chi connectivity index (χ1v) is 9.39. The number of hydrogen-bond acceptors (Lipinski definition) is 7. The lowest BCUT2D eigenvalue weighted by molar-refractivity contribution is -0.111. The predicted octanol–water partition coefficient (Wildman–Crippen LogP) is 2.68. The number of ketones is 3. The Morgan fingerprint density at radius 1 is 1.21 bits per heavy atom. The zero-order chi connectivity index (χ0) is 19.8. The summed E-state index contributed by atoms with van der Waals surface area (Å²) < 4.78 is 11.1. The van der Waals surface area contributed by atoms with Crippen LogP contribution in [0.4, 0.5) is 0 Å². The van der Waals surface area contributed by atoms with Crippen LogP contribution in [0.3, 0.4) is 0 Å². The lowest BCUT2D eigenvalue weighted by Gasteiger charge is -2.13. The number of ether oxygens (including phenoxy) is 1. The Bertz CT molecular complexity index is 1130. The standard InChI is InChI=1S/C20H14BNO5S/c1-10-16(21)19(25)18(24)15-13(8-27-20(10)15)17(23)11-2-4-12(5-3-11)26-9-14-22-6-7-28-14/h2-8H,9,21H2,1H3. The highest BCUT2D eigenvalue weighted by atomic mass is 32.1. The number of fused-ring (bicyclic) bond motifs is 1. The SMILES string of the molecule is BC1=C(C)c2occ(C(=O)c3ccc(OCc4nccs4)cc3)c2C(=O)C1=O. The molecule has 0 N–H and O–H groups in total. The van der Waals surface area contributed by atoms with Crippen molar-refractivity contribution < 1.29 is 23.5 Å². The van der Waals surface area contributed by atoms with Crippen LogP contribution in [0.5, 0.6) is 5.75 Å². The lowest BCUT2D eigenvalue weighted by Crippen LogP contribution is -2.24. The van der Waals surface area contributed by atoms with Crippen molar-refractivity contribution in [1.82, 2.24) is 4.98 Å². The molecule has 1 aliphatic carbocycles. The lowest BCUT2D eigenvalue weighted by atomic mass is 9.77. The van der Waals surface area contributed by atoms with Crippen LogP contribution in [-0.2, 0) is 11.4 Å². The van der Waals surface area contributed by atoms with Gasteiger partial charge in [-0.3, -0.25) is 14.4 Å². The van der Waals surface area contributed by atoms with Gasteiger partial charge in [-0.2, -0.15) is 0 Å². The van der Waals surface area contributed by atoms with E-state index < -0.39 is 11.6 Å². The predicted molar refractivity (Wildman–Crippen MR) is 106 cm³/mol. The molecule has 2 heterocycles. The van der Waals surface area contributed by atoms with E-state index in [0.717, 1.165) is 5.01 Å². The zero-order valence-corrected chi connectivity index (χ0v) is 16.0. The van der Waals surface area contributed by atoms with Crippen molar-refractivity contribution in [2.24, 2.45) is 0 Å². The van der Waals surface area contributed by atoms with E-state index in [4.69, 9.17) is 9.15 Å². The average molecular weight is 391 g/mol. The maximum atomic E-state index is 12.9. The van der Waals surface area contributed by atoms with E-state index in [1.165, 1.54) is 17.6 Å². The van der Waals surface area contributed by atoms with Crippen molar-refractivity contribution in [3.8, 4) is 5.75 Å². The minimum Gasteiger partial charge on any atom is -0.486 e. The molecule has 3 aromatic rings. The molecule has 0 amide bonds. The molecule has 6 nitrogen and oxygen atoms in total. The minimum atomic E-state index is -0.710. The van der Waals surface area contributed by atoms with Crippen LogP contribution in [0, 0.1) is 0 Å². The van der Waals surface area contributed by atoms with Gasteiger partial charge in [-0.05, 0) is 42.2 Å². The smallest absolute Gasteiger partial charge is 0.236 e. The fraction of sp³-hybridized carbons (Fsp3) is 0.100. The Morgan fingerprint density at radius 3 is 2.64 bits per heavy atom. The van der Waals surface area contributed by atoms with Gasteiger partial charge in [0.1, 0.15) is 37.2 Å². The number of allylic oxidation sites excluding steroid dienone is 2. The number of Topliss-reactive ketones (excluding diaryl/α,β-unsaturated/α-hetero) is 2. The fourth-order valence-electron chi connectivity index (χ4n) is 2.98. The van der Waals surface area contributed by atoms with Crippen LogP contribution in [0.1, 0.15) is 44.0 Å². The number of aromatic nitrogens is 1. The van der Waals surface area contributed by atoms with Crippen molar-refractivity contribution in [2.75, 3.05) is 0 Å². The molecule has 1 aromatic carbocycles. The molecule has 1 aliphatic rings. The van der Waals surface area contributed by atoms with E-state index >= 15 is 0 Å². The number of carbonyl (C=O) groups excluding carboxylic acids is 3. The third-order valence-electron chi connectivity index (χ3n) is 4.67. The second kappa shape index (κ2) is 7.05. The van der Waals surface area contributed by atoms with Gasteiger partial charge in [0.25, 0.3) is 0 Å². The van der Waals surface area contributed by atoms with Crippen LogP contribution >= 0.6 is 11.3 Å². The number of thiazole rings is 1. The van der Waals surface area contributed by atoms with Crippen molar-refractivity contribution in [3.05, 3.63) is 75.0 Å². The largest absolute Gasteiger partial charge is 0.486 e. The minimum absolute atomic E-state index is 0.0437. The van der Waals surface area contributed by atoms with E-state index in [-0.39, 0.29) is 22.7 Å².